The number of hydrogen-bond donors (Lipinski definition) is 1. The lowest BCUT2D eigenvalue weighted by Crippen LogP contribution is -2.53. The molecular weight excluding hydrogens is 527 g/mol. The van der Waals surface area contributed by atoms with E-state index in [4.69, 9.17) is 0 Å². The van der Waals surface area contributed by atoms with Gasteiger partial charge in [-0.05, 0) is 62.8 Å². The quantitative estimate of drug-likeness (QED) is 0.609. The molecule has 1 N–H and O–H groups in total. The summed E-state index contributed by atoms with van der Waals surface area (Å²) in [6.45, 7) is 1.07. The number of nitriles is 1. The van der Waals surface area contributed by atoms with Crippen molar-refractivity contribution in [3.8, 4) is 6.07 Å². The van der Waals surface area contributed by atoms with Crippen LogP contribution in [0.3, 0.4) is 0 Å². The van der Waals surface area contributed by atoms with Gasteiger partial charge in [-0.2, -0.15) is 18.4 Å². The fourth-order valence-electron chi connectivity index (χ4n) is 4.33. The first kappa shape index (κ1) is 24.0. The van der Waals surface area contributed by atoms with Crippen LogP contribution < -0.4 is 5.32 Å². The second kappa shape index (κ2) is 7.70. The summed E-state index contributed by atoms with van der Waals surface area (Å²) in [4.78, 5) is 26.7. The summed E-state index contributed by atoms with van der Waals surface area (Å²) in [6, 6.07) is 5.08. The van der Waals surface area contributed by atoms with Crippen molar-refractivity contribution in [3.05, 3.63) is 28.2 Å². The molecule has 1 aromatic rings. The number of carbonyl (C=O) groups excluding carboxylic acids is 2. The number of nitrogens with zero attached hydrogens (tertiary/aromatic N) is 2. The van der Waals surface area contributed by atoms with E-state index in [1.807, 2.05) is 6.07 Å². The van der Waals surface area contributed by atoms with E-state index in [1.165, 1.54) is 12.1 Å². The van der Waals surface area contributed by atoms with Gasteiger partial charge in [0.1, 0.15) is 17.0 Å². The van der Waals surface area contributed by atoms with Gasteiger partial charge in [0, 0.05) is 11.0 Å². The predicted molar refractivity (Wildman–Crippen MR) is 113 cm³/mol. The second-order valence-corrected chi connectivity index (χ2v) is 12.2. The Kier molecular flexibility index (Phi) is 5.60. The Hall–Kier alpha value is -2.13. The second-order valence-electron chi connectivity index (χ2n) is 9.05. The van der Waals surface area contributed by atoms with Crippen molar-refractivity contribution in [1.29, 1.82) is 5.26 Å². The van der Waals surface area contributed by atoms with Gasteiger partial charge in [0.2, 0.25) is 11.8 Å². The molecule has 7 nitrogen and oxygen atoms in total. The predicted octanol–water partition coefficient (Wildman–Crippen LogP) is 3.02. The Balaban J connectivity index is 1.67. The van der Waals surface area contributed by atoms with Crippen LogP contribution in [0.25, 0.3) is 0 Å². The maximum Gasteiger partial charge on any atom is 0.403 e. The summed E-state index contributed by atoms with van der Waals surface area (Å²) in [5, 5.41) is 10.5. The zero-order valence-electron chi connectivity index (χ0n) is 17.6. The molecule has 1 aliphatic heterocycles. The molecule has 12 heteroatoms. The van der Waals surface area contributed by atoms with Gasteiger partial charge in [-0.1, -0.05) is 15.9 Å². The normalized spacial score (nSPS) is 25.3. The molecule has 0 radical (unpaired) electrons. The van der Waals surface area contributed by atoms with E-state index in [0.29, 0.717) is 22.9 Å². The first-order valence-corrected chi connectivity index (χ1v) is 12.7. The maximum absolute atomic E-state index is 13.6. The molecule has 2 amide bonds. The van der Waals surface area contributed by atoms with Crippen LogP contribution in [0.2, 0.25) is 0 Å². The fourth-order valence-corrected chi connectivity index (χ4v) is 6.73. The summed E-state index contributed by atoms with van der Waals surface area (Å²) < 4.78 is 68.3. The molecule has 2 aliphatic carbocycles. The van der Waals surface area contributed by atoms with Crippen molar-refractivity contribution < 1.29 is 31.2 Å². The molecule has 1 saturated heterocycles. The van der Waals surface area contributed by atoms with Gasteiger partial charge < -0.3 is 10.2 Å². The average Bonchev–Trinajstić information content (AvgIpc) is 3.63. The highest BCUT2D eigenvalue weighted by molar-refractivity contribution is 9.10. The number of hydrogen-bond acceptors (Lipinski definition) is 5. The molecule has 0 aromatic heterocycles. The van der Waals surface area contributed by atoms with Gasteiger partial charge in [0.25, 0.3) is 0 Å². The summed E-state index contributed by atoms with van der Waals surface area (Å²) in [5.41, 5.74) is -3.25. The topological polar surface area (TPSA) is 107 Å². The molecule has 2 saturated carbocycles. The SMILES string of the molecule is Cc1cc(Br)ccc1S(=O)(=O)[C@@H]1C[C@@H](C(=O)NC2(C#N)CC2)N(C(=O)C2(C(F)(F)F)CC2)C1. The summed E-state index contributed by atoms with van der Waals surface area (Å²) >= 11 is 3.26. The largest absolute Gasteiger partial charge is 0.403 e. The number of halogens is 4. The lowest BCUT2D eigenvalue weighted by atomic mass is 10.0. The molecule has 2 atom stereocenters. The maximum atomic E-state index is 13.6. The molecule has 0 unspecified atom stereocenters. The summed E-state index contributed by atoms with van der Waals surface area (Å²) in [6.07, 6.45) is -5.15. The fraction of sp³-hybridized carbons (Fsp3) is 0.571. The molecule has 178 valence electrons. The molecular formula is C21H21BrF3N3O4S. The smallest absolute Gasteiger partial charge is 0.336 e. The monoisotopic (exact) mass is 547 g/mol. The van der Waals surface area contributed by atoms with Crippen molar-refractivity contribution in [2.45, 2.75) is 66.9 Å². The molecule has 1 aromatic carbocycles. The number of alkyl halides is 3. The first-order valence-electron chi connectivity index (χ1n) is 10.4. The number of nitrogens with one attached hydrogen (secondary N) is 1. The van der Waals surface area contributed by atoms with Crippen LogP contribution >= 0.6 is 15.9 Å². The van der Waals surface area contributed by atoms with E-state index in [1.54, 1.807) is 13.0 Å². The van der Waals surface area contributed by atoms with E-state index >= 15 is 0 Å². The van der Waals surface area contributed by atoms with Crippen LogP contribution in [0.4, 0.5) is 13.2 Å². The summed E-state index contributed by atoms with van der Waals surface area (Å²) in [5.74, 6) is -2.08. The number of amides is 2. The Morgan fingerprint density at radius 3 is 2.36 bits per heavy atom. The van der Waals surface area contributed by atoms with Gasteiger partial charge in [0.05, 0.1) is 16.2 Å². The molecule has 1 heterocycles. The minimum Gasteiger partial charge on any atom is -0.336 e. The highest BCUT2D eigenvalue weighted by Crippen LogP contribution is 2.59. The zero-order chi connectivity index (χ0) is 24.4. The third kappa shape index (κ3) is 4.03. The van der Waals surface area contributed by atoms with Gasteiger partial charge in [-0.3, -0.25) is 9.59 Å². The van der Waals surface area contributed by atoms with Gasteiger partial charge in [0.15, 0.2) is 9.84 Å². The number of likely N-dealkylation sites (tertiary alicyclic amines) is 1. The number of benzene rings is 1. The minimum atomic E-state index is -4.80. The van der Waals surface area contributed by atoms with E-state index in [9.17, 15) is 36.4 Å². The van der Waals surface area contributed by atoms with Crippen LogP contribution in [-0.4, -0.2) is 54.7 Å². The van der Waals surface area contributed by atoms with Crippen LogP contribution in [0, 0.1) is 23.7 Å². The number of aryl methyl sites for hydroxylation is 1. The van der Waals surface area contributed by atoms with Crippen molar-refractivity contribution in [1.82, 2.24) is 10.2 Å². The lowest BCUT2D eigenvalue weighted by Gasteiger charge is -2.29. The van der Waals surface area contributed by atoms with E-state index in [2.05, 4.69) is 21.2 Å². The molecule has 0 spiro atoms. The van der Waals surface area contributed by atoms with Crippen molar-refractivity contribution in [2.75, 3.05) is 6.54 Å². The van der Waals surface area contributed by atoms with Gasteiger partial charge in [-0.25, -0.2) is 8.42 Å². The summed E-state index contributed by atoms with van der Waals surface area (Å²) in [7, 11) is -4.05. The van der Waals surface area contributed by atoms with Crippen LogP contribution in [0.5, 0.6) is 0 Å². The van der Waals surface area contributed by atoms with Gasteiger partial charge in [-0.15, -0.1) is 0 Å². The Bertz CT molecular complexity index is 1170. The van der Waals surface area contributed by atoms with Crippen LogP contribution in [-0.2, 0) is 19.4 Å². The highest BCUT2D eigenvalue weighted by atomic mass is 79.9. The Morgan fingerprint density at radius 2 is 1.88 bits per heavy atom. The Labute approximate surface area is 197 Å². The minimum absolute atomic E-state index is 0.00296. The van der Waals surface area contributed by atoms with Crippen molar-refractivity contribution >= 4 is 37.6 Å². The molecule has 3 fully saturated rings. The standard InChI is InChI=1S/C21H21BrF3N3O4S/c1-12-8-13(22)2-3-16(12)33(31,32)14-9-15(17(29)27-19(11-26)4-5-19)28(10-14)18(30)20(6-7-20)21(23,24)25/h2-3,8,14-15H,4-7,9-10H2,1H3,(H,27,29)/t14-,15+/m1/s1. The molecule has 4 rings (SSSR count). The van der Waals surface area contributed by atoms with E-state index in [-0.39, 0.29) is 11.3 Å². The first-order chi connectivity index (χ1) is 15.3. The van der Waals surface area contributed by atoms with Crippen LogP contribution in [0.15, 0.2) is 27.6 Å². The number of sulfone groups is 1. The number of rotatable bonds is 5. The molecule has 0 bridgehead atoms. The Morgan fingerprint density at radius 1 is 1.24 bits per heavy atom. The van der Waals surface area contributed by atoms with Gasteiger partial charge >= 0.3 is 6.18 Å². The number of carbonyl (C=O) groups is 2. The highest BCUT2D eigenvalue weighted by Gasteiger charge is 2.70. The molecule has 3 aliphatic rings. The third-order valence-corrected chi connectivity index (χ3v) is 9.52. The average molecular weight is 548 g/mol. The van der Waals surface area contributed by atoms with Crippen LogP contribution in [0.1, 0.15) is 37.7 Å². The zero-order valence-corrected chi connectivity index (χ0v) is 20.0. The van der Waals surface area contributed by atoms with Crippen molar-refractivity contribution in [2.24, 2.45) is 5.41 Å². The molecule has 33 heavy (non-hydrogen) atoms. The van der Waals surface area contributed by atoms with Crippen molar-refractivity contribution in [3.63, 3.8) is 0 Å². The lowest BCUT2D eigenvalue weighted by molar-refractivity contribution is -0.199. The van der Waals surface area contributed by atoms with E-state index < -0.39 is 69.5 Å². The third-order valence-electron chi connectivity index (χ3n) is 6.74. The van der Waals surface area contributed by atoms with E-state index in [0.717, 1.165) is 4.90 Å².